The lowest BCUT2D eigenvalue weighted by Crippen LogP contribution is -2.21. The van der Waals surface area contributed by atoms with E-state index >= 15 is 0 Å². The lowest BCUT2D eigenvalue weighted by atomic mass is 10.1. The Kier molecular flexibility index (Phi) is 8.00. The average molecular weight is 435 g/mol. The van der Waals surface area contributed by atoms with E-state index in [9.17, 15) is 4.79 Å². The molecule has 0 spiro atoms. The average Bonchev–Trinajstić information content (AvgIpc) is 3.18. The highest BCUT2D eigenvalue weighted by Gasteiger charge is 2.13. The lowest BCUT2D eigenvalue weighted by Gasteiger charge is -2.09. The zero-order valence-corrected chi connectivity index (χ0v) is 18.5. The molecule has 0 radical (unpaired) electrons. The minimum Gasteiger partial charge on any atom is -0.378 e. The third-order valence-electron chi connectivity index (χ3n) is 4.48. The number of hydrogen-bond donors (Lipinski definition) is 2. The molecule has 3 rings (SSSR count). The molecule has 1 heterocycles. The molecule has 0 fully saturated rings. The summed E-state index contributed by atoms with van der Waals surface area (Å²) in [5, 5.41) is 16.7. The Labute approximate surface area is 186 Å². The van der Waals surface area contributed by atoms with Crippen LogP contribution in [0.25, 0.3) is 0 Å². The van der Waals surface area contributed by atoms with Crippen molar-refractivity contribution in [1.29, 1.82) is 0 Å². The third kappa shape index (κ3) is 6.55. The van der Waals surface area contributed by atoms with E-state index in [4.69, 9.17) is 0 Å². The summed E-state index contributed by atoms with van der Waals surface area (Å²) < 4.78 is 1.95. The number of allylic oxidation sites excluding steroid dienone is 1. The number of aromatic nitrogens is 3. The fraction of sp³-hybridized carbons (Fsp3) is 0.217. The van der Waals surface area contributed by atoms with Crippen molar-refractivity contribution in [1.82, 2.24) is 20.2 Å². The molecule has 160 valence electrons. The second-order valence-corrected chi connectivity index (χ2v) is 7.85. The topological polar surface area (TPSA) is 84.2 Å². The molecule has 0 aliphatic rings. The predicted molar refractivity (Wildman–Crippen MR) is 126 cm³/mol. The van der Waals surface area contributed by atoms with Crippen LogP contribution >= 0.6 is 11.8 Å². The van der Waals surface area contributed by atoms with Crippen LogP contribution in [0.3, 0.4) is 0 Å². The van der Waals surface area contributed by atoms with Crippen LogP contribution in [-0.2, 0) is 17.9 Å². The van der Waals surface area contributed by atoms with Crippen molar-refractivity contribution < 1.29 is 4.79 Å². The van der Waals surface area contributed by atoms with Gasteiger partial charge in [-0.25, -0.2) is 5.43 Å². The highest BCUT2D eigenvalue weighted by molar-refractivity contribution is 7.99. The number of rotatable bonds is 10. The fourth-order valence-electron chi connectivity index (χ4n) is 2.77. The number of nitrogens with one attached hydrogen (secondary N) is 2. The molecule has 0 aliphatic heterocycles. The van der Waals surface area contributed by atoms with Crippen LogP contribution in [0.2, 0.25) is 0 Å². The van der Waals surface area contributed by atoms with Crippen molar-refractivity contribution in [2.24, 2.45) is 5.10 Å². The highest BCUT2D eigenvalue weighted by atomic mass is 32.2. The highest BCUT2D eigenvalue weighted by Crippen LogP contribution is 2.18. The van der Waals surface area contributed by atoms with Gasteiger partial charge in [-0.05, 0) is 31.5 Å². The second kappa shape index (κ2) is 11.1. The summed E-state index contributed by atoms with van der Waals surface area (Å²) in [6.07, 6.45) is 1.79. The van der Waals surface area contributed by atoms with E-state index in [1.807, 2.05) is 54.0 Å². The summed E-state index contributed by atoms with van der Waals surface area (Å²) in [4.78, 5) is 12.2. The smallest absolute Gasteiger partial charge is 0.250 e. The Balaban J connectivity index is 1.57. The molecule has 2 aromatic carbocycles. The molecule has 1 amide bonds. The summed E-state index contributed by atoms with van der Waals surface area (Å²) >= 11 is 1.32. The van der Waals surface area contributed by atoms with Gasteiger partial charge in [0.2, 0.25) is 0 Å². The summed E-state index contributed by atoms with van der Waals surface area (Å²) in [5.41, 5.74) is 6.53. The number of thioether (sulfide) groups is 1. The van der Waals surface area contributed by atoms with E-state index < -0.39 is 0 Å². The van der Waals surface area contributed by atoms with Gasteiger partial charge in [-0.1, -0.05) is 65.9 Å². The molecular formula is C23H26N6OS. The number of nitrogens with zero attached hydrogens (tertiary/aromatic N) is 4. The van der Waals surface area contributed by atoms with Gasteiger partial charge in [0, 0.05) is 12.2 Å². The lowest BCUT2D eigenvalue weighted by molar-refractivity contribution is -0.118. The molecule has 0 aliphatic carbocycles. The molecule has 31 heavy (non-hydrogen) atoms. The van der Waals surface area contributed by atoms with Gasteiger partial charge in [-0.2, -0.15) is 5.10 Å². The van der Waals surface area contributed by atoms with Crippen molar-refractivity contribution in [2.75, 3.05) is 11.1 Å². The first-order valence-corrected chi connectivity index (χ1v) is 10.9. The molecule has 1 aromatic heterocycles. The summed E-state index contributed by atoms with van der Waals surface area (Å²) in [5.74, 6) is 0.765. The van der Waals surface area contributed by atoms with Gasteiger partial charge < -0.3 is 9.88 Å². The maximum Gasteiger partial charge on any atom is 0.250 e. The number of hydrazone groups is 1. The van der Waals surface area contributed by atoms with E-state index in [0.29, 0.717) is 18.2 Å². The Morgan fingerprint density at radius 3 is 2.61 bits per heavy atom. The number of carbonyl (C=O) groups excluding carboxylic acids is 1. The van der Waals surface area contributed by atoms with Crippen molar-refractivity contribution in [2.45, 2.75) is 32.1 Å². The Bertz CT molecular complexity index is 1040. The quantitative estimate of drug-likeness (QED) is 0.218. The molecule has 0 bridgehead atoms. The molecule has 7 nitrogen and oxygen atoms in total. The van der Waals surface area contributed by atoms with Gasteiger partial charge in [0.05, 0.1) is 18.0 Å². The van der Waals surface area contributed by atoms with Crippen molar-refractivity contribution in [3.8, 4) is 0 Å². The van der Waals surface area contributed by atoms with Gasteiger partial charge in [-0.15, -0.1) is 16.8 Å². The maximum absolute atomic E-state index is 12.2. The van der Waals surface area contributed by atoms with Crippen LogP contribution in [0.5, 0.6) is 0 Å². The fourth-order valence-corrected chi connectivity index (χ4v) is 3.53. The Hall–Kier alpha value is -3.39. The Morgan fingerprint density at radius 2 is 1.90 bits per heavy atom. The zero-order valence-electron chi connectivity index (χ0n) is 17.7. The predicted octanol–water partition coefficient (Wildman–Crippen LogP) is 4.02. The van der Waals surface area contributed by atoms with Crippen LogP contribution in [0.1, 0.15) is 23.9 Å². The number of aryl methyl sites for hydroxylation is 1. The first-order chi connectivity index (χ1) is 15.1. The van der Waals surface area contributed by atoms with Crippen LogP contribution in [0.15, 0.2) is 77.5 Å². The molecule has 0 atom stereocenters. The first kappa shape index (κ1) is 22.3. The third-order valence-corrected chi connectivity index (χ3v) is 5.45. The minimum absolute atomic E-state index is 0.187. The second-order valence-electron chi connectivity index (χ2n) is 6.90. The molecule has 2 N–H and O–H groups in total. The van der Waals surface area contributed by atoms with Crippen LogP contribution in [-0.4, -0.2) is 32.1 Å². The minimum atomic E-state index is -0.201. The summed E-state index contributed by atoms with van der Waals surface area (Å²) in [6, 6.07) is 17.9. The van der Waals surface area contributed by atoms with Crippen LogP contribution in [0.4, 0.5) is 5.69 Å². The summed E-state index contributed by atoms with van der Waals surface area (Å²) in [7, 11) is 0. The van der Waals surface area contributed by atoms with E-state index in [-0.39, 0.29) is 11.7 Å². The molecule has 3 aromatic rings. The number of amides is 1. The number of anilines is 1. The molecule has 8 heteroatoms. The molecule has 0 saturated heterocycles. The van der Waals surface area contributed by atoms with Gasteiger partial charge >= 0.3 is 0 Å². The zero-order chi connectivity index (χ0) is 22.1. The normalized spacial score (nSPS) is 11.2. The van der Waals surface area contributed by atoms with Crippen LogP contribution < -0.4 is 10.7 Å². The number of carbonyl (C=O) groups is 1. The SMILES string of the molecule is C=CCn1c(CNc2ccc(C)cc2)nnc1SCC(=O)NN=C(C)c1ccccc1. The number of benzene rings is 2. The molecule has 0 saturated carbocycles. The number of hydrogen-bond acceptors (Lipinski definition) is 6. The van der Waals surface area contributed by atoms with E-state index in [1.165, 1.54) is 17.3 Å². The first-order valence-electron chi connectivity index (χ1n) is 9.91. The Morgan fingerprint density at radius 1 is 1.16 bits per heavy atom. The van der Waals surface area contributed by atoms with Gasteiger partial charge in [0.25, 0.3) is 5.91 Å². The van der Waals surface area contributed by atoms with Crippen molar-refractivity contribution in [3.63, 3.8) is 0 Å². The maximum atomic E-state index is 12.2. The van der Waals surface area contributed by atoms with E-state index in [1.54, 1.807) is 6.08 Å². The van der Waals surface area contributed by atoms with E-state index in [0.717, 1.165) is 22.8 Å². The van der Waals surface area contributed by atoms with E-state index in [2.05, 4.69) is 51.7 Å². The monoisotopic (exact) mass is 434 g/mol. The van der Waals surface area contributed by atoms with Crippen LogP contribution in [0, 0.1) is 6.92 Å². The largest absolute Gasteiger partial charge is 0.378 e. The summed E-state index contributed by atoms with van der Waals surface area (Å²) in [6.45, 7) is 8.82. The van der Waals surface area contributed by atoms with Gasteiger partial charge in [0.1, 0.15) is 0 Å². The molecular weight excluding hydrogens is 408 g/mol. The van der Waals surface area contributed by atoms with Crippen molar-refractivity contribution >= 4 is 29.1 Å². The molecule has 0 unspecified atom stereocenters. The van der Waals surface area contributed by atoms with Gasteiger partial charge in [0.15, 0.2) is 11.0 Å². The van der Waals surface area contributed by atoms with Gasteiger partial charge in [-0.3, -0.25) is 4.79 Å². The standard InChI is InChI=1S/C23H26N6OS/c1-4-14-29-21(15-24-20-12-10-17(2)11-13-20)26-28-23(29)31-16-22(30)27-25-18(3)19-8-6-5-7-9-19/h4-13,24H,1,14-16H2,2-3H3,(H,27,30). The van der Waals surface area contributed by atoms with Crippen molar-refractivity contribution in [3.05, 3.63) is 84.2 Å².